The van der Waals surface area contributed by atoms with Gasteiger partial charge in [0.2, 0.25) is 0 Å². The van der Waals surface area contributed by atoms with Gasteiger partial charge < -0.3 is 14.7 Å². The number of halogens is 1. The second kappa shape index (κ2) is 7.52. The van der Waals surface area contributed by atoms with Crippen LogP contribution in [0.1, 0.15) is 12.8 Å². The number of amides is 1. The molecule has 2 aromatic heterocycles. The number of rotatable bonds is 5. The first kappa shape index (κ1) is 18.7. The molecule has 9 nitrogen and oxygen atoms in total. The molecule has 2 unspecified atom stereocenters. The highest BCUT2D eigenvalue weighted by Gasteiger charge is 2.35. The number of aryl methyl sites for hydroxylation is 1. The minimum absolute atomic E-state index is 0.120. The number of fused-ring (bicyclic) bond motifs is 3. The van der Waals surface area contributed by atoms with E-state index < -0.39 is 12.8 Å². The number of carboxylic acid groups (broad SMARTS) is 1. The van der Waals surface area contributed by atoms with Gasteiger partial charge in [0.05, 0.1) is 30.3 Å². The molecule has 0 radical (unpaired) electrons. The van der Waals surface area contributed by atoms with Gasteiger partial charge in [0.15, 0.2) is 11.5 Å². The highest BCUT2D eigenvalue weighted by atomic mass is 19.1. The summed E-state index contributed by atoms with van der Waals surface area (Å²) in [7, 11) is 0. The third-order valence-corrected chi connectivity index (χ3v) is 5.51. The van der Waals surface area contributed by atoms with Gasteiger partial charge in [-0.15, -0.1) is 0 Å². The topological polar surface area (TPSA) is 105 Å². The molecule has 0 saturated carbocycles. The lowest BCUT2D eigenvalue weighted by molar-refractivity contribution is 0.0303. The summed E-state index contributed by atoms with van der Waals surface area (Å²) in [4.78, 5) is 22.5. The first-order valence-corrected chi connectivity index (χ1v) is 9.91. The van der Waals surface area contributed by atoms with Crippen LogP contribution in [0.4, 0.5) is 20.7 Å². The number of hydrogen-bond acceptors (Lipinski definition) is 6. The standard InChI is InChI=1S/C20H21FN6O3/c21-7-8-27-19-16(9-22-27)18(26-10-14-5-6-15(11-26)30-14)24-17(25-19)12-1-3-13(4-2-12)23-20(28)29/h1-4,9,14-15,23H,5-8,10-11H2,(H,28,29). The summed E-state index contributed by atoms with van der Waals surface area (Å²) in [6, 6.07) is 6.83. The largest absolute Gasteiger partial charge is 0.465 e. The molecule has 2 atom stereocenters. The molecule has 2 fully saturated rings. The lowest BCUT2D eigenvalue weighted by atomic mass is 10.2. The number of hydrogen-bond donors (Lipinski definition) is 2. The molecule has 2 aliphatic heterocycles. The summed E-state index contributed by atoms with van der Waals surface area (Å²) in [6.45, 7) is 1.08. The summed E-state index contributed by atoms with van der Waals surface area (Å²) in [5.41, 5.74) is 1.78. The summed E-state index contributed by atoms with van der Waals surface area (Å²) in [6.07, 6.45) is 3.04. The van der Waals surface area contributed by atoms with Crippen LogP contribution in [0.2, 0.25) is 0 Å². The minimum Gasteiger partial charge on any atom is -0.465 e. The monoisotopic (exact) mass is 412 g/mol. The SMILES string of the molecule is O=C(O)Nc1ccc(-c2nc(N3CC4CCC(C3)O4)c3cnn(CCF)c3n2)cc1. The van der Waals surface area contributed by atoms with E-state index >= 15 is 0 Å². The Morgan fingerprint density at radius 3 is 2.60 bits per heavy atom. The number of carbonyl (C=O) groups is 1. The molecule has 2 aliphatic rings. The van der Waals surface area contributed by atoms with Crippen molar-refractivity contribution in [2.24, 2.45) is 0 Å². The predicted octanol–water partition coefficient (Wildman–Crippen LogP) is 2.92. The molecule has 2 saturated heterocycles. The quantitative estimate of drug-likeness (QED) is 0.664. The fourth-order valence-electron chi connectivity index (χ4n) is 4.17. The van der Waals surface area contributed by atoms with Crippen molar-refractivity contribution in [3.8, 4) is 11.4 Å². The third-order valence-electron chi connectivity index (χ3n) is 5.51. The average Bonchev–Trinajstić information content (AvgIpc) is 3.30. The fraction of sp³-hybridized carbons (Fsp3) is 0.400. The van der Waals surface area contributed by atoms with Crippen LogP contribution in [-0.2, 0) is 11.3 Å². The van der Waals surface area contributed by atoms with Gasteiger partial charge in [-0.1, -0.05) is 0 Å². The Labute approximate surface area is 171 Å². The zero-order valence-corrected chi connectivity index (χ0v) is 16.2. The summed E-state index contributed by atoms with van der Waals surface area (Å²) >= 11 is 0. The van der Waals surface area contributed by atoms with Gasteiger partial charge in [0, 0.05) is 24.3 Å². The minimum atomic E-state index is -1.13. The van der Waals surface area contributed by atoms with Gasteiger partial charge in [0.25, 0.3) is 0 Å². The predicted molar refractivity (Wildman–Crippen MR) is 108 cm³/mol. The summed E-state index contributed by atoms with van der Waals surface area (Å²) in [5.74, 6) is 1.26. The van der Waals surface area contributed by atoms with Gasteiger partial charge in [-0.3, -0.25) is 5.32 Å². The van der Waals surface area contributed by atoms with E-state index in [1.54, 1.807) is 35.1 Å². The average molecular weight is 412 g/mol. The molecule has 30 heavy (non-hydrogen) atoms. The lowest BCUT2D eigenvalue weighted by Crippen LogP contribution is -2.43. The van der Waals surface area contributed by atoms with E-state index in [4.69, 9.17) is 14.8 Å². The molecule has 156 valence electrons. The molecule has 4 heterocycles. The van der Waals surface area contributed by atoms with Crippen molar-refractivity contribution in [3.63, 3.8) is 0 Å². The van der Waals surface area contributed by atoms with E-state index in [9.17, 15) is 9.18 Å². The van der Waals surface area contributed by atoms with Crippen LogP contribution in [0.25, 0.3) is 22.4 Å². The number of aromatic nitrogens is 4. The molecular formula is C20H21FN6O3. The maximum absolute atomic E-state index is 13.0. The van der Waals surface area contributed by atoms with Crippen molar-refractivity contribution in [1.82, 2.24) is 19.7 Å². The number of ether oxygens (including phenoxy) is 1. The Morgan fingerprint density at radius 1 is 1.20 bits per heavy atom. The van der Waals surface area contributed by atoms with Gasteiger partial charge in [0.1, 0.15) is 12.5 Å². The number of alkyl halides is 1. The van der Waals surface area contributed by atoms with E-state index in [0.717, 1.165) is 42.7 Å². The van der Waals surface area contributed by atoms with Crippen molar-refractivity contribution >= 4 is 28.6 Å². The molecule has 1 aromatic carbocycles. The van der Waals surface area contributed by atoms with Crippen LogP contribution in [-0.4, -0.2) is 62.9 Å². The van der Waals surface area contributed by atoms with Crippen LogP contribution >= 0.6 is 0 Å². The Morgan fingerprint density at radius 2 is 1.93 bits per heavy atom. The van der Waals surface area contributed by atoms with Crippen molar-refractivity contribution in [2.45, 2.75) is 31.6 Å². The van der Waals surface area contributed by atoms with Crippen LogP contribution in [0.15, 0.2) is 30.5 Å². The Kier molecular flexibility index (Phi) is 4.70. The Balaban J connectivity index is 1.58. The van der Waals surface area contributed by atoms with Gasteiger partial charge >= 0.3 is 6.09 Å². The molecule has 2 N–H and O–H groups in total. The van der Waals surface area contributed by atoms with Gasteiger partial charge in [-0.25, -0.2) is 23.8 Å². The van der Waals surface area contributed by atoms with Crippen LogP contribution < -0.4 is 10.2 Å². The second-order valence-corrected chi connectivity index (χ2v) is 7.53. The number of anilines is 2. The molecule has 2 bridgehead atoms. The van der Waals surface area contributed by atoms with Crippen molar-refractivity contribution in [1.29, 1.82) is 0 Å². The molecule has 3 aromatic rings. The fourth-order valence-corrected chi connectivity index (χ4v) is 4.17. The lowest BCUT2D eigenvalue weighted by Gasteiger charge is -2.33. The molecule has 10 heteroatoms. The second-order valence-electron chi connectivity index (χ2n) is 7.53. The zero-order chi connectivity index (χ0) is 20.7. The number of morpholine rings is 1. The number of nitrogens with zero attached hydrogens (tertiary/aromatic N) is 5. The van der Waals surface area contributed by atoms with E-state index in [-0.39, 0.29) is 18.8 Å². The van der Waals surface area contributed by atoms with Crippen LogP contribution in [0.5, 0.6) is 0 Å². The Bertz CT molecular complexity index is 1070. The molecular weight excluding hydrogens is 391 g/mol. The molecule has 5 rings (SSSR count). The van der Waals surface area contributed by atoms with E-state index in [1.165, 1.54) is 0 Å². The summed E-state index contributed by atoms with van der Waals surface area (Å²) < 4.78 is 20.5. The zero-order valence-electron chi connectivity index (χ0n) is 16.2. The molecule has 0 spiro atoms. The van der Waals surface area contributed by atoms with Crippen LogP contribution in [0, 0.1) is 0 Å². The van der Waals surface area contributed by atoms with Gasteiger partial charge in [-0.05, 0) is 37.1 Å². The number of nitrogens with one attached hydrogen (secondary N) is 1. The highest BCUT2D eigenvalue weighted by molar-refractivity contribution is 5.89. The van der Waals surface area contributed by atoms with Crippen molar-refractivity contribution in [3.05, 3.63) is 30.5 Å². The highest BCUT2D eigenvalue weighted by Crippen LogP contribution is 2.33. The first-order valence-electron chi connectivity index (χ1n) is 9.91. The third kappa shape index (κ3) is 3.43. The molecule has 0 aliphatic carbocycles. The van der Waals surface area contributed by atoms with Crippen molar-refractivity contribution < 1.29 is 19.0 Å². The maximum Gasteiger partial charge on any atom is 0.409 e. The van der Waals surface area contributed by atoms with Gasteiger partial charge in [-0.2, -0.15) is 5.10 Å². The Hall–Kier alpha value is -3.27. The smallest absolute Gasteiger partial charge is 0.409 e. The van der Waals surface area contributed by atoms with E-state index in [2.05, 4.69) is 20.3 Å². The van der Waals surface area contributed by atoms with Crippen molar-refractivity contribution in [2.75, 3.05) is 30.0 Å². The van der Waals surface area contributed by atoms with E-state index in [1.807, 2.05) is 0 Å². The number of benzene rings is 1. The first-order chi connectivity index (χ1) is 14.6. The normalized spacial score (nSPS) is 20.6. The van der Waals surface area contributed by atoms with Crippen LogP contribution in [0.3, 0.4) is 0 Å². The maximum atomic E-state index is 13.0. The van der Waals surface area contributed by atoms with E-state index in [0.29, 0.717) is 17.2 Å². The molecule has 1 amide bonds. The summed E-state index contributed by atoms with van der Waals surface area (Å²) in [5, 5.41) is 16.3.